The first-order valence-corrected chi connectivity index (χ1v) is 7.81. The summed E-state index contributed by atoms with van der Waals surface area (Å²) in [6.07, 6.45) is 2.45. The topological polar surface area (TPSA) is 24.5 Å². The predicted octanol–water partition coefficient (Wildman–Crippen LogP) is 2.37. The minimum atomic E-state index is 0.196. The molecule has 0 saturated carbocycles. The Morgan fingerprint density at radius 2 is 2.00 bits per heavy atom. The Hall–Kier alpha value is -0.900. The summed E-state index contributed by atoms with van der Waals surface area (Å²) in [7, 11) is 0. The molecule has 2 aliphatic rings. The highest BCUT2D eigenvalue weighted by Gasteiger charge is 2.30. The van der Waals surface area contributed by atoms with Crippen molar-refractivity contribution in [1.29, 1.82) is 0 Å². The van der Waals surface area contributed by atoms with Crippen LogP contribution in [0, 0.1) is 0 Å². The monoisotopic (exact) mass is 274 g/mol. The minimum absolute atomic E-state index is 0.196. The van der Waals surface area contributed by atoms with E-state index in [9.17, 15) is 0 Å². The van der Waals surface area contributed by atoms with Crippen molar-refractivity contribution in [3.05, 3.63) is 35.4 Å². The molecule has 0 radical (unpaired) electrons. The number of fused-ring (bicyclic) bond motifs is 1. The lowest BCUT2D eigenvalue weighted by Crippen LogP contribution is -2.54. The summed E-state index contributed by atoms with van der Waals surface area (Å²) in [5, 5.41) is 3.79. The Labute approximate surface area is 122 Å². The zero-order chi connectivity index (χ0) is 14.0. The molecule has 1 N–H and O–H groups in total. The van der Waals surface area contributed by atoms with Gasteiger partial charge < -0.3 is 10.1 Å². The average Bonchev–Trinajstić information content (AvgIpc) is 2.89. The van der Waals surface area contributed by atoms with Crippen LogP contribution in [0.4, 0.5) is 0 Å². The van der Waals surface area contributed by atoms with Gasteiger partial charge in [-0.2, -0.15) is 0 Å². The zero-order valence-corrected chi connectivity index (χ0v) is 12.7. The van der Waals surface area contributed by atoms with Crippen LogP contribution in [0.15, 0.2) is 24.3 Å². The number of nitrogens with zero attached hydrogens (tertiary/aromatic N) is 1. The third-order valence-electron chi connectivity index (χ3n) is 4.78. The van der Waals surface area contributed by atoms with Gasteiger partial charge in [0.2, 0.25) is 0 Å². The number of aryl methyl sites for hydroxylation is 1. The lowest BCUT2D eigenvalue weighted by Gasteiger charge is -2.41. The maximum atomic E-state index is 5.46. The number of morpholine rings is 1. The first-order chi connectivity index (χ1) is 9.67. The fourth-order valence-corrected chi connectivity index (χ4v) is 3.42. The van der Waals surface area contributed by atoms with Gasteiger partial charge in [0.25, 0.3) is 0 Å². The third-order valence-corrected chi connectivity index (χ3v) is 4.78. The van der Waals surface area contributed by atoms with Gasteiger partial charge in [-0.15, -0.1) is 0 Å². The predicted molar refractivity (Wildman–Crippen MR) is 82.0 cm³/mol. The van der Waals surface area contributed by atoms with Gasteiger partial charge in [0.1, 0.15) is 0 Å². The van der Waals surface area contributed by atoms with Gasteiger partial charge >= 0.3 is 0 Å². The Balaban J connectivity index is 1.59. The van der Waals surface area contributed by atoms with Crippen LogP contribution in [-0.4, -0.2) is 43.3 Å². The van der Waals surface area contributed by atoms with Crippen LogP contribution in [-0.2, 0) is 11.2 Å². The first-order valence-electron chi connectivity index (χ1n) is 7.81. The number of hydrogen-bond acceptors (Lipinski definition) is 3. The maximum Gasteiger partial charge on any atom is 0.0594 e. The standard InChI is InChI=1S/C17H26N2O/c1-17(2,19-9-11-20-12-10-19)13-18-16-8-7-14-5-3-4-6-15(14)16/h3-6,16,18H,7-13H2,1-2H3. The highest BCUT2D eigenvalue weighted by molar-refractivity contribution is 5.34. The van der Waals surface area contributed by atoms with Gasteiger partial charge in [-0.05, 0) is 37.8 Å². The molecule has 0 aromatic heterocycles. The number of ether oxygens (including phenoxy) is 1. The van der Waals surface area contributed by atoms with Crippen molar-refractivity contribution in [3.63, 3.8) is 0 Å². The molecule has 110 valence electrons. The molecule has 1 atom stereocenters. The Morgan fingerprint density at radius 3 is 2.80 bits per heavy atom. The summed E-state index contributed by atoms with van der Waals surface area (Å²) in [6.45, 7) is 9.56. The van der Waals surface area contributed by atoms with E-state index in [0.717, 1.165) is 32.8 Å². The van der Waals surface area contributed by atoms with Crippen LogP contribution in [0.25, 0.3) is 0 Å². The van der Waals surface area contributed by atoms with Crippen molar-refractivity contribution in [3.8, 4) is 0 Å². The quantitative estimate of drug-likeness (QED) is 0.912. The molecule has 3 rings (SSSR count). The number of nitrogens with one attached hydrogen (secondary N) is 1. The van der Waals surface area contributed by atoms with E-state index in [4.69, 9.17) is 4.74 Å². The van der Waals surface area contributed by atoms with Gasteiger partial charge in [-0.25, -0.2) is 0 Å². The fourth-order valence-electron chi connectivity index (χ4n) is 3.42. The molecule has 3 heteroatoms. The molecule has 0 spiro atoms. The lowest BCUT2D eigenvalue weighted by molar-refractivity contribution is -0.0103. The first kappa shape index (κ1) is 14.1. The number of rotatable bonds is 4. The second-order valence-corrected chi connectivity index (χ2v) is 6.58. The van der Waals surface area contributed by atoms with Crippen molar-refractivity contribution in [2.75, 3.05) is 32.8 Å². The van der Waals surface area contributed by atoms with Crippen LogP contribution >= 0.6 is 0 Å². The summed E-state index contributed by atoms with van der Waals surface area (Å²) in [5.74, 6) is 0. The molecule has 1 aliphatic carbocycles. The van der Waals surface area contributed by atoms with Crippen LogP contribution in [0.3, 0.4) is 0 Å². The van der Waals surface area contributed by atoms with Gasteiger partial charge in [0.05, 0.1) is 13.2 Å². The SMILES string of the molecule is CC(C)(CNC1CCc2ccccc21)N1CCOCC1. The lowest BCUT2D eigenvalue weighted by atomic mass is 10.0. The molecule has 3 nitrogen and oxygen atoms in total. The molecule has 1 saturated heterocycles. The molecular weight excluding hydrogens is 248 g/mol. The van der Waals surface area contributed by atoms with Crippen molar-refractivity contribution >= 4 is 0 Å². The van der Waals surface area contributed by atoms with E-state index in [1.165, 1.54) is 24.0 Å². The van der Waals surface area contributed by atoms with E-state index in [0.29, 0.717) is 6.04 Å². The van der Waals surface area contributed by atoms with Gasteiger partial charge in [0.15, 0.2) is 0 Å². The van der Waals surface area contributed by atoms with E-state index in [-0.39, 0.29) is 5.54 Å². The number of benzene rings is 1. The zero-order valence-electron chi connectivity index (χ0n) is 12.7. The Kier molecular flexibility index (Phi) is 4.11. The van der Waals surface area contributed by atoms with Crippen molar-refractivity contribution < 1.29 is 4.74 Å². The molecular formula is C17H26N2O. The third kappa shape index (κ3) is 2.90. The van der Waals surface area contributed by atoms with E-state index < -0.39 is 0 Å². The molecule has 1 unspecified atom stereocenters. The van der Waals surface area contributed by atoms with Gasteiger partial charge in [-0.1, -0.05) is 24.3 Å². The van der Waals surface area contributed by atoms with Crippen LogP contribution in [0.5, 0.6) is 0 Å². The average molecular weight is 274 g/mol. The van der Waals surface area contributed by atoms with Crippen LogP contribution in [0.2, 0.25) is 0 Å². The molecule has 1 fully saturated rings. The molecule has 0 bridgehead atoms. The van der Waals surface area contributed by atoms with Crippen LogP contribution < -0.4 is 5.32 Å². The largest absolute Gasteiger partial charge is 0.379 e. The summed E-state index contributed by atoms with van der Waals surface area (Å²) < 4.78 is 5.46. The molecule has 1 aliphatic heterocycles. The summed E-state index contributed by atoms with van der Waals surface area (Å²) in [4.78, 5) is 2.55. The molecule has 1 aromatic rings. The Bertz CT molecular complexity index is 452. The summed E-state index contributed by atoms with van der Waals surface area (Å²) in [5.41, 5.74) is 3.22. The second-order valence-electron chi connectivity index (χ2n) is 6.58. The van der Waals surface area contributed by atoms with Crippen molar-refractivity contribution in [2.24, 2.45) is 0 Å². The normalized spacial score (nSPS) is 23.8. The van der Waals surface area contributed by atoms with E-state index in [2.05, 4.69) is 48.3 Å². The molecule has 1 aromatic carbocycles. The smallest absolute Gasteiger partial charge is 0.0594 e. The minimum Gasteiger partial charge on any atom is -0.379 e. The summed E-state index contributed by atoms with van der Waals surface area (Å²) in [6, 6.07) is 9.39. The molecule has 0 amide bonds. The molecule has 20 heavy (non-hydrogen) atoms. The highest BCUT2D eigenvalue weighted by atomic mass is 16.5. The fraction of sp³-hybridized carbons (Fsp3) is 0.647. The van der Waals surface area contributed by atoms with Gasteiger partial charge in [-0.3, -0.25) is 4.90 Å². The maximum absolute atomic E-state index is 5.46. The highest BCUT2D eigenvalue weighted by Crippen LogP contribution is 2.31. The van der Waals surface area contributed by atoms with E-state index in [1.54, 1.807) is 0 Å². The van der Waals surface area contributed by atoms with E-state index in [1.807, 2.05) is 0 Å². The van der Waals surface area contributed by atoms with Crippen molar-refractivity contribution in [1.82, 2.24) is 10.2 Å². The second kappa shape index (κ2) is 5.84. The van der Waals surface area contributed by atoms with Crippen molar-refractivity contribution in [2.45, 2.75) is 38.3 Å². The van der Waals surface area contributed by atoms with Gasteiger partial charge in [0, 0.05) is 31.2 Å². The van der Waals surface area contributed by atoms with Crippen LogP contribution in [0.1, 0.15) is 37.4 Å². The summed E-state index contributed by atoms with van der Waals surface area (Å²) >= 11 is 0. The number of hydrogen-bond donors (Lipinski definition) is 1. The van der Waals surface area contributed by atoms with E-state index >= 15 is 0 Å². The molecule has 1 heterocycles. The Morgan fingerprint density at radius 1 is 1.25 bits per heavy atom.